The number of nitrogens with zero attached hydrogens (tertiary/aromatic N) is 1. The molecule has 0 aliphatic heterocycles. The van der Waals surface area contributed by atoms with E-state index in [1.807, 2.05) is 31.3 Å². The highest BCUT2D eigenvalue weighted by Gasteiger charge is 2.19. The highest BCUT2D eigenvalue weighted by molar-refractivity contribution is 5.69. The van der Waals surface area contributed by atoms with Crippen LogP contribution in [0.3, 0.4) is 0 Å². The molecule has 0 aliphatic rings. The van der Waals surface area contributed by atoms with Crippen LogP contribution in [0.2, 0.25) is 0 Å². The molecule has 0 bridgehead atoms. The molecule has 7 heteroatoms. The Morgan fingerprint density at radius 2 is 2.14 bits per heavy atom. The number of ether oxygens (including phenoxy) is 2. The molecule has 2 aromatic rings. The molecule has 2 rings (SSSR count). The minimum atomic E-state index is -0.741. The third-order valence-corrected chi connectivity index (χ3v) is 4.67. The van der Waals surface area contributed by atoms with E-state index in [0.717, 1.165) is 22.6 Å². The van der Waals surface area contributed by atoms with Crippen LogP contribution >= 0.6 is 0 Å². The fourth-order valence-corrected chi connectivity index (χ4v) is 3.22. The summed E-state index contributed by atoms with van der Waals surface area (Å²) in [6, 6.07) is 10.6. The number of carbonyl (C=O) groups is 1. The maximum absolute atomic E-state index is 13.5. The number of nitrogens with one attached hydrogen (secondary N) is 1. The lowest BCUT2D eigenvalue weighted by atomic mass is 10.2. The van der Waals surface area contributed by atoms with E-state index in [-0.39, 0.29) is 18.4 Å². The van der Waals surface area contributed by atoms with E-state index in [2.05, 4.69) is 4.57 Å². The zero-order valence-corrected chi connectivity index (χ0v) is 17.3. The lowest BCUT2D eigenvalue weighted by Crippen LogP contribution is -3.12. The predicted octanol–water partition coefficient (Wildman–Crippen LogP) is 1.41. The van der Waals surface area contributed by atoms with E-state index in [9.17, 15) is 14.3 Å². The molecule has 1 heterocycles. The molecule has 0 fully saturated rings. The number of esters is 1. The minimum absolute atomic E-state index is 0.000377. The van der Waals surface area contributed by atoms with E-state index in [1.165, 1.54) is 12.1 Å². The van der Waals surface area contributed by atoms with Gasteiger partial charge in [0.05, 0.1) is 12.3 Å². The van der Waals surface area contributed by atoms with E-state index < -0.39 is 6.10 Å². The molecule has 0 radical (unpaired) electrons. The lowest BCUT2D eigenvalue weighted by molar-refractivity contribution is -0.917. The van der Waals surface area contributed by atoms with Crippen LogP contribution < -0.4 is 4.90 Å². The van der Waals surface area contributed by atoms with Crippen molar-refractivity contribution in [3.8, 4) is 0 Å². The molecule has 0 spiro atoms. The Balaban J connectivity index is 1.97. The monoisotopic (exact) mass is 407 g/mol. The Bertz CT molecular complexity index is 750. The summed E-state index contributed by atoms with van der Waals surface area (Å²) < 4.78 is 25.9. The smallest absolute Gasteiger partial charge is 0.305 e. The van der Waals surface area contributed by atoms with Crippen LogP contribution in [0.5, 0.6) is 0 Å². The van der Waals surface area contributed by atoms with Crippen molar-refractivity contribution >= 4 is 5.97 Å². The van der Waals surface area contributed by atoms with Gasteiger partial charge in [0.15, 0.2) is 0 Å². The van der Waals surface area contributed by atoms with Crippen molar-refractivity contribution in [2.24, 2.45) is 0 Å². The van der Waals surface area contributed by atoms with Crippen molar-refractivity contribution in [2.75, 3.05) is 33.4 Å². The molecule has 1 aromatic heterocycles. The van der Waals surface area contributed by atoms with Gasteiger partial charge in [-0.2, -0.15) is 0 Å². The predicted molar refractivity (Wildman–Crippen MR) is 108 cm³/mol. The van der Waals surface area contributed by atoms with Crippen LogP contribution in [0, 0.1) is 5.82 Å². The maximum atomic E-state index is 13.5. The molecule has 6 nitrogen and oxygen atoms in total. The van der Waals surface area contributed by atoms with E-state index in [0.29, 0.717) is 39.2 Å². The number of aliphatic hydroxyl groups excluding tert-OH is 1. The first kappa shape index (κ1) is 23.1. The summed E-state index contributed by atoms with van der Waals surface area (Å²) in [5.41, 5.74) is 1.97. The molecule has 29 heavy (non-hydrogen) atoms. The molecule has 160 valence electrons. The first-order valence-corrected chi connectivity index (χ1v) is 10.1. The number of carbonyl (C=O) groups excluding carboxylic acids is 1. The fourth-order valence-electron chi connectivity index (χ4n) is 3.22. The normalized spacial score (nSPS) is 13.2. The number of hydrogen-bond donors (Lipinski definition) is 2. The number of halogens is 1. The molecule has 0 saturated carbocycles. The molecule has 1 aromatic carbocycles. The number of hydrogen-bond acceptors (Lipinski definition) is 4. The number of aliphatic hydroxyl groups is 1. The Labute approximate surface area is 171 Å². The van der Waals surface area contributed by atoms with Crippen molar-refractivity contribution in [1.29, 1.82) is 0 Å². The van der Waals surface area contributed by atoms with Crippen LogP contribution in [0.1, 0.15) is 31.0 Å². The van der Waals surface area contributed by atoms with Gasteiger partial charge in [-0.3, -0.25) is 4.79 Å². The molecular weight excluding hydrogens is 375 g/mol. The largest absolute Gasteiger partial charge is 0.463 e. The molecule has 2 N–H and O–H groups in total. The number of rotatable bonds is 13. The maximum Gasteiger partial charge on any atom is 0.305 e. The summed E-state index contributed by atoms with van der Waals surface area (Å²) in [7, 11) is 1.65. The SMILES string of the molecule is CCCC(=O)OC[C@H](O)C[NH+](CCOC)Cc1cccn1Cc1cccc(F)c1. The van der Waals surface area contributed by atoms with Gasteiger partial charge in [0.1, 0.15) is 38.2 Å². The van der Waals surface area contributed by atoms with E-state index in [4.69, 9.17) is 9.47 Å². The van der Waals surface area contributed by atoms with Crippen molar-refractivity contribution in [1.82, 2.24) is 4.57 Å². The summed E-state index contributed by atoms with van der Waals surface area (Å²) in [6.45, 7) is 4.87. The summed E-state index contributed by atoms with van der Waals surface area (Å²) in [5, 5.41) is 10.3. The van der Waals surface area contributed by atoms with Crippen molar-refractivity contribution in [3.05, 3.63) is 59.7 Å². The van der Waals surface area contributed by atoms with Gasteiger partial charge in [-0.05, 0) is 36.2 Å². The molecule has 0 aliphatic carbocycles. The minimum Gasteiger partial charge on any atom is -0.463 e. The van der Waals surface area contributed by atoms with Crippen molar-refractivity contribution in [2.45, 2.75) is 39.0 Å². The summed E-state index contributed by atoms with van der Waals surface area (Å²) in [6.07, 6.45) is 2.31. The number of aromatic nitrogens is 1. The summed E-state index contributed by atoms with van der Waals surface area (Å²) in [5.74, 6) is -0.529. The third-order valence-electron chi connectivity index (χ3n) is 4.67. The highest BCUT2D eigenvalue weighted by atomic mass is 19.1. The van der Waals surface area contributed by atoms with Crippen molar-refractivity contribution in [3.63, 3.8) is 0 Å². The van der Waals surface area contributed by atoms with Crippen LogP contribution in [0.15, 0.2) is 42.6 Å². The van der Waals surface area contributed by atoms with Crippen molar-refractivity contribution < 1.29 is 28.7 Å². The Morgan fingerprint density at radius 1 is 1.31 bits per heavy atom. The Hall–Kier alpha value is -2.22. The molecule has 0 saturated heterocycles. The van der Waals surface area contributed by atoms with Gasteiger partial charge >= 0.3 is 5.97 Å². The molecule has 1 unspecified atom stereocenters. The average molecular weight is 408 g/mol. The Kier molecular flexibility index (Phi) is 9.83. The standard InChI is InChI=1S/C22H31FN2O4/c1-3-6-22(27)29-17-21(26)16-24(11-12-28-2)15-20-9-5-10-25(20)14-18-7-4-8-19(23)13-18/h4-5,7-10,13,21,26H,3,6,11-12,14-17H2,1-2H3/p+1/t21-/m1/s1. The fraction of sp³-hybridized carbons (Fsp3) is 0.500. The molecule has 0 amide bonds. The third kappa shape index (κ3) is 8.35. The van der Waals surface area contributed by atoms with Crippen LogP contribution in [0.25, 0.3) is 0 Å². The second kappa shape index (κ2) is 12.4. The van der Waals surface area contributed by atoms with Crippen LogP contribution in [-0.2, 0) is 27.4 Å². The number of benzene rings is 1. The molecule has 2 atom stereocenters. The topological polar surface area (TPSA) is 65.1 Å². The average Bonchev–Trinajstić information content (AvgIpc) is 3.11. The van der Waals surface area contributed by atoms with Crippen LogP contribution in [0.4, 0.5) is 4.39 Å². The van der Waals surface area contributed by atoms with Crippen LogP contribution in [-0.4, -0.2) is 55.2 Å². The molecular formula is C22H32FN2O4+. The second-order valence-corrected chi connectivity index (χ2v) is 7.22. The Morgan fingerprint density at radius 3 is 2.86 bits per heavy atom. The second-order valence-electron chi connectivity index (χ2n) is 7.22. The van der Waals surface area contributed by atoms with E-state index >= 15 is 0 Å². The zero-order chi connectivity index (χ0) is 21.1. The zero-order valence-electron chi connectivity index (χ0n) is 17.3. The van der Waals surface area contributed by atoms with Gasteiger partial charge in [0.2, 0.25) is 0 Å². The lowest BCUT2D eigenvalue weighted by Gasteiger charge is -2.23. The van der Waals surface area contributed by atoms with Gasteiger partial charge in [-0.1, -0.05) is 19.1 Å². The quantitative estimate of drug-likeness (QED) is 0.493. The van der Waals surface area contributed by atoms with Gasteiger partial charge in [0, 0.05) is 26.3 Å². The first-order valence-electron chi connectivity index (χ1n) is 10.1. The number of methoxy groups -OCH3 is 1. The van der Waals surface area contributed by atoms with Gasteiger partial charge in [0.25, 0.3) is 0 Å². The summed E-state index contributed by atoms with van der Waals surface area (Å²) >= 11 is 0. The van der Waals surface area contributed by atoms with Gasteiger partial charge < -0.3 is 24.0 Å². The van der Waals surface area contributed by atoms with E-state index in [1.54, 1.807) is 13.2 Å². The van der Waals surface area contributed by atoms with Gasteiger partial charge in [-0.25, -0.2) is 4.39 Å². The highest BCUT2D eigenvalue weighted by Crippen LogP contribution is 2.09. The first-order chi connectivity index (χ1) is 14.0. The number of quaternary nitrogens is 1. The van der Waals surface area contributed by atoms with Gasteiger partial charge in [-0.15, -0.1) is 0 Å². The summed E-state index contributed by atoms with van der Waals surface area (Å²) in [4.78, 5) is 12.6.